The molecule has 0 saturated heterocycles. The molecule has 1 rings (SSSR count). The molecule has 0 bridgehead atoms. The van der Waals surface area contributed by atoms with Gasteiger partial charge in [0, 0.05) is 19.7 Å². The fourth-order valence-electron chi connectivity index (χ4n) is 1.09. The first kappa shape index (κ1) is 10.7. The van der Waals surface area contributed by atoms with Crippen molar-refractivity contribution in [2.45, 2.75) is 6.92 Å². The third-order valence-corrected chi connectivity index (χ3v) is 1.80. The van der Waals surface area contributed by atoms with Crippen LogP contribution >= 0.6 is 0 Å². The molecule has 0 aromatic carbocycles. The number of aliphatic hydroxyl groups is 1. The summed E-state index contributed by atoms with van der Waals surface area (Å²) in [5.41, 5.74) is 2.46. The Bertz CT molecular complexity index is 304. The van der Waals surface area contributed by atoms with Crippen molar-refractivity contribution in [1.29, 1.82) is 0 Å². The van der Waals surface area contributed by atoms with E-state index in [4.69, 9.17) is 10.9 Å². The van der Waals surface area contributed by atoms with Gasteiger partial charge < -0.3 is 15.4 Å². The van der Waals surface area contributed by atoms with E-state index in [1.54, 1.807) is 13.0 Å². The average molecular weight is 197 g/mol. The highest BCUT2D eigenvalue weighted by Crippen LogP contribution is 2.13. The number of hydrogen-bond acceptors (Lipinski definition) is 6. The lowest BCUT2D eigenvalue weighted by Crippen LogP contribution is -2.23. The lowest BCUT2D eigenvalue weighted by molar-refractivity contribution is 0.304. The largest absolute Gasteiger partial charge is 0.395 e. The van der Waals surface area contributed by atoms with Crippen molar-refractivity contribution in [2.75, 3.05) is 30.5 Å². The van der Waals surface area contributed by atoms with Crippen LogP contribution in [0.5, 0.6) is 0 Å². The number of aryl methyl sites for hydroxylation is 1. The monoisotopic (exact) mass is 197 g/mol. The fraction of sp³-hybridized carbons (Fsp3) is 0.500. The van der Waals surface area contributed by atoms with Crippen LogP contribution in [-0.2, 0) is 0 Å². The molecule has 14 heavy (non-hydrogen) atoms. The van der Waals surface area contributed by atoms with Crippen LogP contribution in [0, 0.1) is 6.92 Å². The molecule has 0 fully saturated rings. The quantitative estimate of drug-likeness (QED) is 0.445. The Morgan fingerprint density at radius 1 is 1.57 bits per heavy atom. The van der Waals surface area contributed by atoms with E-state index in [1.165, 1.54) is 0 Å². The summed E-state index contributed by atoms with van der Waals surface area (Å²) in [6.07, 6.45) is 0. The van der Waals surface area contributed by atoms with Crippen LogP contribution in [-0.4, -0.2) is 35.3 Å². The Morgan fingerprint density at radius 3 is 2.86 bits per heavy atom. The minimum atomic E-state index is 0.0882. The molecule has 0 saturated carbocycles. The summed E-state index contributed by atoms with van der Waals surface area (Å²) in [5.74, 6) is 7.20. The Morgan fingerprint density at radius 2 is 2.29 bits per heavy atom. The highest BCUT2D eigenvalue weighted by atomic mass is 16.3. The van der Waals surface area contributed by atoms with Crippen molar-refractivity contribution >= 4 is 11.6 Å². The number of hydrazine groups is 1. The van der Waals surface area contributed by atoms with Gasteiger partial charge in [-0.25, -0.2) is 15.8 Å². The molecule has 6 heteroatoms. The second-order valence-electron chi connectivity index (χ2n) is 2.95. The first-order valence-corrected chi connectivity index (χ1v) is 4.31. The van der Waals surface area contributed by atoms with Gasteiger partial charge in [0.05, 0.1) is 6.61 Å². The molecule has 0 spiro atoms. The van der Waals surface area contributed by atoms with Gasteiger partial charge in [-0.1, -0.05) is 0 Å². The minimum absolute atomic E-state index is 0.0882. The Kier molecular flexibility index (Phi) is 3.61. The zero-order valence-electron chi connectivity index (χ0n) is 8.36. The number of nitrogen functional groups attached to an aromatic ring is 1. The van der Waals surface area contributed by atoms with Crippen molar-refractivity contribution in [3.8, 4) is 0 Å². The number of anilines is 2. The molecule has 78 valence electrons. The van der Waals surface area contributed by atoms with Gasteiger partial charge in [-0.3, -0.25) is 0 Å². The van der Waals surface area contributed by atoms with Crippen LogP contribution in [0.15, 0.2) is 6.07 Å². The average Bonchev–Trinajstić information content (AvgIpc) is 2.17. The number of nitrogens with zero attached hydrogens (tertiary/aromatic N) is 3. The second-order valence-corrected chi connectivity index (χ2v) is 2.95. The van der Waals surface area contributed by atoms with Gasteiger partial charge in [-0.2, -0.15) is 0 Å². The first-order chi connectivity index (χ1) is 6.67. The maximum atomic E-state index is 8.77. The molecule has 1 aromatic rings. The van der Waals surface area contributed by atoms with Crippen LogP contribution < -0.4 is 16.2 Å². The number of nitrogens with two attached hydrogens (primary N) is 1. The number of hydrogen-bond donors (Lipinski definition) is 3. The standard InChI is InChI=1S/C8H15N5O/c1-6-10-7(12-9)5-8(11-6)13(2)3-4-14/h5,14H,3-4,9H2,1-2H3,(H,10,11,12). The summed E-state index contributed by atoms with van der Waals surface area (Å²) in [4.78, 5) is 10.1. The molecule has 0 aliphatic rings. The summed E-state index contributed by atoms with van der Waals surface area (Å²) >= 11 is 0. The zero-order valence-corrected chi connectivity index (χ0v) is 8.36. The number of rotatable bonds is 4. The fourth-order valence-corrected chi connectivity index (χ4v) is 1.09. The van der Waals surface area contributed by atoms with E-state index >= 15 is 0 Å². The molecule has 0 unspecified atom stereocenters. The lowest BCUT2D eigenvalue weighted by atomic mass is 10.4. The first-order valence-electron chi connectivity index (χ1n) is 4.31. The van der Waals surface area contributed by atoms with Crippen LogP contribution in [0.1, 0.15) is 5.82 Å². The summed E-state index contributed by atoms with van der Waals surface area (Å²) in [7, 11) is 1.85. The predicted octanol–water partition coefficient (Wildman–Crippen LogP) is -0.501. The molecular weight excluding hydrogens is 182 g/mol. The van der Waals surface area contributed by atoms with Gasteiger partial charge in [0.15, 0.2) is 0 Å². The third-order valence-electron chi connectivity index (χ3n) is 1.80. The summed E-state index contributed by atoms with van der Waals surface area (Å²) in [6.45, 7) is 2.41. The van der Waals surface area contributed by atoms with Gasteiger partial charge in [0.25, 0.3) is 0 Å². The van der Waals surface area contributed by atoms with Crippen molar-refractivity contribution in [1.82, 2.24) is 9.97 Å². The molecule has 4 N–H and O–H groups in total. The number of aliphatic hydroxyl groups excluding tert-OH is 1. The summed E-state index contributed by atoms with van der Waals surface area (Å²) in [6, 6.07) is 1.72. The van der Waals surface area contributed by atoms with E-state index in [0.29, 0.717) is 18.2 Å². The van der Waals surface area contributed by atoms with E-state index in [-0.39, 0.29) is 6.61 Å². The Balaban J connectivity index is 2.90. The van der Waals surface area contributed by atoms with E-state index in [1.807, 2.05) is 11.9 Å². The topological polar surface area (TPSA) is 87.3 Å². The summed E-state index contributed by atoms with van der Waals surface area (Å²) in [5, 5.41) is 8.77. The third kappa shape index (κ3) is 2.54. The van der Waals surface area contributed by atoms with Crippen molar-refractivity contribution < 1.29 is 5.11 Å². The normalized spacial score (nSPS) is 10.0. The number of likely N-dealkylation sites (N-methyl/N-ethyl adjacent to an activating group) is 1. The van der Waals surface area contributed by atoms with Crippen molar-refractivity contribution in [3.05, 3.63) is 11.9 Å². The second kappa shape index (κ2) is 4.73. The molecule has 0 aliphatic heterocycles. The van der Waals surface area contributed by atoms with E-state index < -0.39 is 0 Å². The Labute approximate surface area is 82.7 Å². The van der Waals surface area contributed by atoms with E-state index in [2.05, 4.69) is 15.4 Å². The molecule has 1 aromatic heterocycles. The summed E-state index contributed by atoms with van der Waals surface area (Å²) < 4.78 is 0. The predicted molar refractivity (Wildman–Crippen MR) is 54.9 cm³/mol. The van der Waals surface area contributed by atoms with Crippen molar-refractivity contribution in [2.24, 2.45) is 5.84 Å². The SMILES string of the molecule is Cc1nc(NN)cc(N(C)CCO)n1. The van der Waals surface area contributed by atoms with Crippen LogP contribution in [0.3, 0.4) is 0 Å². The zero-order chi connectivity index (χ0) is 10.6. The van der Waals surface area contributed by atoms with Crippen LogP contribution in [0.4, 0.5) is 11.6 Å². The molecule has 0 aliphatic carbocycles. The van der Waals surface area contributed by atoms with Crippen molar-refractivity contribution in [3.63, 3.8) is 0 Å². The highest BCUT2D eigenvalue weighted by molar-refractivity contribution is 5.48. The minimum Gasteiger partial charge on any atom is -0.395 e. The van der Waals surface area contributed by atoms with E-state index in [0.717, 1.165) is 5.82 Å². The number of nitrogens with one attached hydrogen (secondary N) is 1. The molecule has 0 amide bonds. The smallest absolute Gasteiger partial charge is 0.145 e. The van der Waals surface area contributed by atoms with Gasteiger partial charge in [-0.15, -0.1) is 0 Å². The maximum absolute atomic E-state index is 8.77. The number of aromatic nitrogens is 2. The van der Waals surface area contributed by atoms with Crippen LogP contribution in [0.25, 0.3) is 0 Å². The molecular formula is C8H15N5O. The van der Waals surface area contributed by atoms with Gasteiger partial charge in [0.2, 0.25) is 0 Å². The maximum Gasteiger partial charge on any atom is 0.145 e. The van der Waals surface area contributed by atoms with E-state index in [9.17, 15) is 0 Å². The van der Waals surface area contributed by atoms with Gasteiger partial charge in [0.1, 0.15) is 17.5 Å². The Hall–Kier alpha value is -1.40. The van der Waals surface area contributed by atoms with Gasteiger partial charge >= 0.3 is 0 Å². The molecule has 1 heterocycles. The van der Waals surface area contributed by atoms with Gasteiger partial charge in [-0.05, 0) is 6.92 Å². The highest BCUT2D eigenvalue weighted by Gasteiger charge is 2.04. The molecule has 0 atom stereocenters. The molecule has 6 nitrogen and oxygen atoms in total. The lowest BCUT2D eigenvalue weighted by Gasteiger charge is -2.17. The van der Waals surface area contributed by atoms with Crippen LogP contribution in [0.2, 0.25) is 0 Å². The molecule has 0 radical (unpaired) electrons.